The summed E-state index contributed by atoms with van der Waals surface area (Å²) in [6.45, 7) is 14.4. The highest BCUT2D eigenvalue weighted by Crippen LogP contribution is 2.39. The monoisotopic (exact) mass is 400 g/mol. The number of aromatic hydroxyl groups is 2. The molecule has 2 aromatic carbocycles. The highest BCUT2D eigenvalue weighted by Gasteiger charge is 2.27. The molecule has 0 spiro atoms. The maximum absolute atomic E-state index is 10.6. The molecule has 160 valence electrons. The Morgan fingerprint density at radius 3 is 1.31 bits per heavy atom. The van der Waals surface area contributed by atoms with Crippen LogP contribution in [0.5, 0.6) is 11.5 Å². The van der Waals surface area contributed by atoms with E-state index in [2.05, 4.69) is 26.0 Å². The zero-order chi connectivity index (χ0) is 21.6. The van der Waals surface area contributed by atoms with Crippen molar-refractivity contribution in [1.29, 1.82) is 0 Å². The summed E-state index contributed by atoms with van der Waals surface area (Å²) in [7, 11) is 0. The smallest absolute Gasteiger partial charge is 0.124 e. The lowest BCUT2D eigenvalue weighted by Gasteiger charge is -2.29. The van der Waals surface area contributed by atoms with Crippen molar-refractivity contribution in [2.24, 2.45) is 0 Å². The summed E-state index contributed by atoms with van der Waals surface area (Å²) in [6.07, 6.45) is 1.50. The molecular weight excluding hydrogens is 364 g/mol. The van der Waals surface area contributed by atoms with Gasteiger partial charge in [-0.15, -0.1) is 0 Å². The van der Waals surface area contributed by atoms with Gasteiger partial charge in [0.2, 0.25) is 0 Å². The van der Waals surface area contributed by atoms with Crippen LogP contribution in [0, 0.1) is 0 Å². The number of benzene rings is 2. The number of hydrogen-bond donors (Lipinski definition) is 2. The molecule has 0 aliphatic rings. The van der Waals surface area contributed by atoms with Crippen LogP contribution >= 0.6 is 0 Å². The first-order valence-electron chi connectivity index (χ1n) is 10.7. The maximum Gasteiger partial charge on any atom is 0.124 e. The van der Waals surface area contributed by atoms with Crippen molar-refractivity contribution in [2.75, 3.05) is 13.2 Å². The van der Waals surface area contributed by atoms with Gasteiger partial charge in [-0.1, -0.05) is 39.8 Å². The summed E-state index contributed by atoms with van der Waals surface area (Å²) in [5.74, 6) is 0.662. The van der Waals surface area contributed by atoms with E-state index in [0.717, 1.165) is 46.2 Å². The van der Waals surface area contributed by atoms with Crippen molar-refractivity contribution in [3.8, 4) is 11.5 Å². The summed E-state index contributed by atoms with van der Waals surface area (Å²) in [6, 6.07) is 8.27. The summed E-state index contributed by atoms with van der Waals surface area (Å²) < 4.78 is 11.2. The van der Waals surface area contributed by atoms with E-state index in [1.165, 1.54) is 0 Å². The summed E-state index contributed by atoms with van der Waals surface area (Å²) in [5, 5.41) is 21.2. The fraction of sp³-hybridized carbons (Fsp3) is 0.520. The van der Waals surface area contributed by atoms with Gasteiger partial charge in [0.05, 0.1) is 13.2 Å². The van der Waals surface area contributed by atoms with Crippen LogP contribution in [0.25, 0.3) is 0 Å². The minimum absolute atomic E-state index is 0.308. The zero-order valence-corrected chi connectivity index (χ0v) is 18.8. The average molecular weight is 401 g/mol. The molecule has 0 saturated heterocycles. The van der Waals surface area contributed by atoms with Crippen LogP contribution in [0.2, 0.25) is 0 Å². The molecule has 0 aromatic heterocycles. The molecule has 4 heteroatoms. The highest BCUT2D eigenvalue weighted by atomic mass is 16.5. The lowest BCUT2D eigenvalue weighted by molar-refractivity contribution is 0.132. The highest BCUT2D eigenvalue weighted by molar-refractivity contribution is 5.52. The fourth-order valence-electron chi connectivity index (χ4n) is 3.59. The van der Waals surface area contributed by atoms with Gasteiger partial charge in [-0.05, 0) is 61.1 Å². The third kappa shape index (κ3) is 5.12. The minimum atomic E-state index is -0.308. The molecule has 0 heterocycles. The van der Waals surface area contributed by atoms with E-state index in [4.69, 9.17) is 9.47 Å². The van der Waals surface area contributed by atoms with Crippen LogP contribution in [0.4, 0.5) is 0 Å². The number of phenols is 2. The average Bonchev–Trinajstić information content (AvgIpc) is 2.71. The molecule has 2 aromatic rings. The predicted octanol–water partition coefficient (Wildman–Crippen LogP) is 5.62. The third-order valence-corrected chi connectivity index (χ3v) is 5.66. The van der Waals surface area contributed by atoms with Crippen LogP contribution in [-0.2, 0) is 40.9 Å². The first kappa shape index (κ1) is 23.2. The van der Waals surface area contributed by atoms with E-state index < -0.39 is 0 Å². The SMILES string of the molecule is CCOCc1cc(C(C)(C)c2cc(CC)c(O)c(COCC)c2)cc(CC)c1O. The Morgan fingerprint density at radius 1 is 0.655 bits per heavy atom. The standard InChI is InChI=1S/C25H36O4/c1-7-17-11-21(13-19(23(17)26)15-28-9-3)25(5,6)22-12-18(8-2)24(27)20(14-22)16-29-10-4/h11-14,26-27H,7-10,15-16H2,1-6H3. The summed E-state index contributed by atoms with van der Waals surface area (Å²) in [5.41, 5.74) is 5.42. The van der Waals surface area contributed by atoms with Crippen LogP contribution in [0.15, 0.2) is 24.3 Å². The molecule has 0 aliphatic carbocycles. The quantitative estimate of drug-likeness (QED) is 0.543. The number of ether oxygens (including phenoxy) is 2. The van der Waals surface area contributed by atoms with Gasteiger partial charge in [-0.3, -0.25) is 0 Å². The first-order chi connectivity index (χ1) is 13.8. The van der Waals surface area contributed by atoms with Gasteiger partial charge >= 0.3 is 0 Å². The molecule has 2 N–H and O–H groups in total. The van der Waals surface area contributed by atoms with Crippen LogP contribution in [0.1, 0.15) is 74.9 Å². The normalized spacial score (nSPS) is 11.8. The number of aryl methyl sites for hydroxylation is 2. The largest absolute Gasteiger partial charge is 0.507 e. The van der Waals surface area contributed by atoms with Crippen molar-refractivity contribution in [3.05, 3.63) is 57.6 Å². The van der Waals surface area contributed by atoms with E-state index in [-0.39, 0.29) is 5.41 Å². The third-order valence-electron chi connectivity index (χ3n) is 5.66. The Kier molecular flexibility index (Phi) is 8.12. The van der Waals surface area contributed by atoms with Gasteiger partial charge in [0.1, 0.15) is 11.5 Å². The van der Waals surface area contributed by atoms with Crippen LogP contribution in [-0.4, -0.2) is 23.4 Å². The molecule has 0 unspecified atom stereocenters. The molecule has 4 nitrogen and oxygen atoms in total. The molecular formula is C25H36O4. The molecule has 0 atom stereocenters. The first-order valence-corrected chi connectivity index (χ1v) is 10.7. The van der Waals surface area contributed by atoms with Gasteiger partial charge in [-0.2, -0.15) is 0 Å². The van der Waals surface area contributed by atoms with Gasteiger partial charge < -0.3 is 19.7 Å². The Balaban J connectivity index is 2.59. The Morgan fingerprint density at radius 2 is 1.00 bits per heavy atom. The Labute approximate surface area is 175 Å². The number of phenolic OH excluding ortho intramolecular Hbond substituents is 2. The topological polar surface area (TPSA) is 58.9 Å². The Bertz CT molecular complexity index is 757. The van der Waals surface area contributed by atoms with E-state index >= 15 is 0 Å². The molecule has 0 amide bonds. The van der Waals surface area contributed by atoms with Crippen LogP contribution < -0.4 is 0 Å². The molecule has 0 bridgehead atoms. The van der Waals surface area contributed by atoms with Gasteiger partial charge in [-0.25, -0.2) is 0 Å². The van der Waals surface area contributed by atoms with Crippen molar-refractivity contribution in [1.82, 2.24) is 0 Å². The second-order valence-electron chi connectivity index (χ2n) is 7.89. The lowest BCUT2D eigenvalue weighted by Crippen LogP contribution is -2.21. The molecule has 0 saturated carbocycles. The van der Waals surface area contributed by atoms with E-state index in [1.54, 1.807) is 0 Å². The summed E-state index contributed by atoms with van der Waals surface area (Å²) >= 11 is 0. The minimum Gasteiger partial charge on any atom is -0.507 e. The number of rotatable bonds is 10. The van der Waals surface area contributed by atoms with Crippen molar-refractivity contribution in [2.45, 2.75) is 73.0 Å². The van der Waals surface area contributed by atoms with Crippen molar-refractivity contribution < 1.29 is 19.7 Å². The predicted molar refractivity (Wildman–Crippen MR) is 118 cm³/mol. The number of hydrogen-bond acceptors (Lipinski definition) is 4. The zero-order valence-electron chi connectivity index (χ0n) is 18.8. The van der Waals surface area contributed by atoms with Crippen molar-refractivity contribution in [3.63, 3.8) is 0 Å². The van der Waals surface area contributed by atoms with E-state index in [9.17, 15) is 10.2 Å². The van der Waals surface area contributed by atoms with Gasteiger partial charge in [0.25, 0.3) is 0 Å². The molecule has 29 heavy (non-hydrogen) atoms. The van der Waals surface area contributed by atoms with Gasteiger partial charge in [0, 0.05) is 29.8 Å². The second-order valence-corrected chi connectivity index (χ2v) is 7.89. The Hall–Kier alpha value is -2.04. The van der Waals surface area contributed by atoms with Crippen molar-refractivity contribution >= 4 is 0 Å². The second kappa shape index (κ2) is 10.1. The molecule has 2 rings (SSSR count). The maximum atomic E-state index is 10.6. The van der Waals surface area contributed by atoms with E-state index in [1.807, 2.05) is 39.8 Å². The van der Waals surface area contributed by atoms with Gasteiger partial charge in [0.15, 0.2) is 0 Å². The molecule has 0 radical (unpaired) electrons. The summed E-state index contributed by atoms with van der Waals surface area (Å²) in [4.78, 5) is 0. The fourth-order valence-corrected chi connectivity index (χ4v) is 3.59. The molecule has 0 fully saturated rings. The van der Waals surface area contributed by atoms with Crippen LogP contribution in [0.3, 0.4) is 0 Å². The lowest BCUT2D eigenvalue weighted by atomic mass is 9.75. The van der Waals surface area contributed by atoms with E-state index in [0.29, 0.717) is 37.9 Å². The molecule has 0 aliphatic heterocycles.